The molecule has 128 valence electrons. The molecule has 0 fully saturated rings. The molecule has 0 heterocycles. The van der Waals surface area contributed by atoms with Crippen LogP contribution in [0, 0.1) is 0 Å². The molecule has 0 aromatic carbocycles. The number of carboxylic acid groups (broad SMARTS) is 2. The van der Waals surface area contributed by atoms with E-state index in [1.807, 2.05) is 20.8 Å². The Hall–Kier alpha value is -1.42. The van der Waals surface area contributed by atoms with Gasteiger partial charge in [-0.2, -0.15) is 0 Å². The number of carboxylic acids is 2. The second kappa shape index (κ2) is 11.2. The minimum Gasteiger partial charge on any atom is -0.478 e. The zero-order valence-electron chi connectivity index (χ0n) is 13.3. The smallest absolute Gasteiger partial charge is 0.478 e. The van der Waals surface area contributed by atoms with Crippen molar-refractivity contribution in [1.82, 2.24) is 5.32 Å². The van der Waals surface area contributed by atoms with E-state index in [4.69, 9.17) is 23.5 Å². The summed E-state index contributed by atoms with van der Waals surface area (Å²) in [5, 5.41) is 20.1. The van der Waals surface area contributed by atoms with Crippen molar-refractivity contribution in [3.8, 4) is 0 Å². The first-order valence-electron chi connectivity index (χ1n) is 7.24. The fourth-order valence-corrected chi connectivity index (χ4v) is 4.45. The second-order valence-electron chi connectivity index (χ2n) is 4.21. The highest BCUT2D eigenvalue weighted by Crippen LogP contribution is 2.17. The van der Waals surface area contributed by atoms with Crippen LogP contribution in [0.1, 0.15) is 27.2 Å². The topological polar surface area (TPSA) is 114 Å². The van der Waals surface area contributed by atoms with E-state index in [-0.39, 0.29) is 12.2 Å². The lowest BCUT2D eigenvalue weighted by molar-refractivity contribution is -0.135. The van der Waals surface area contributed by atoms with Crippen molar-refractivity contribution in [2.45, 2.75) is 33.2 Å². The number of rotatable bonds is 13. The Morgan fingerprint density at radius 2 is 1.55 bits per heavy atom. The Morgan fingerprint density at radius 1 is 1.05 bits per heavy atom. The summed E-state index contributed by atoms with van der Waals surface area (Å²) in [6.45, 7) is 7.27. The highest BCUT2D eigenvalue weighted by Gasteiger charge is 2.39. The molecular formula is C13H25NO7Si. The van der Waals surface area contributed by atoms with E-state index in [9.17, 15) is 9.59 Å². The lowest BCUT2D eigenvalue weighted by Crippen LogP contribution is -2.46. The molecule has 0 saturated heterocycles. The number of carbonyl (C=O) groups is 2. The number of hydrogen-bond acceptors (Lipinski definition) is 6. The van der Waals surface area contributed by atoms with Crippen LogP contribution < -0.4 is 5.32 Å². The SMILES string of the molecule is CCO[Si](CCCN/C(=C/C(=O)O)C(=O)O)(OCC)OCC. The zero-order chi connectivity index (χ0) is 17.0. The summed E-state index contributed by atoms with van der Waals surface area (Å²) in [5.74, 6) is -2.63. The summed E-state index contributed by atoms with van der Waals surface area (Å²) in [7, 11) is -2.75. The van der Waals surface area contributed by atoms with Gasteiger partial charge in [0.1, 0.15) is 5.70 Å². The second-order valence-corrected chi connectivity index (χ2v) is 6.95. The van der Waals surface area contributed by atoms with Crippen molar-refractivity contribution in [1.29, 1.82) is 0 Å². The molecule has 0 aliphatic carbocycles. The van der Waals surface area contributed by atoms with Gasteiger partial charge in [-0.05, 0) is 27.2 Å². The standard InChI is InChI=1S/C13H25NO7Si/c1-4-19-22(20-5-2,21-6-3)9-7-8-14-11(13(17)18)10-12(15)16/h10,14H,4-9H2,1-3H3,(H,15,16)(H,17,18)/b11-10+. The van der Waals surface area contributed by atoms with Gasteiger partial charge >= 0.3 is 20.7 Å². The van der Waals surface area contributed by atoms with Gasteiger partial charge in [0.25, 0.3) is 0 Å². The molecule has 0 aromatic heterocycles. The van der Waals surface area contributed by atoms with Crippen molar-refractivity contribution in [2.75, 3.05) is 26.4 Å². The zero-order valence-corrected chi connectivity index (χ0v) is 14.3. The summed E-state index contributed by atoms with van der Waals surface area (Å²) in [5.41, 5.74) is -0.357. The third-order valence-electron chi connectivity index (χ3n) is 2.57. The Balaban J connectivity index is 4.54. The van der Waals surface area contributed by atoms with Gasteiger partial charge < -0.3 is 28.8 Å². The first-order valence-corrected chi connectivity index (χ1v) is 9.17. The van der Waals surface area contributed by atoms with Gasteiger partial charge in [0.15, 0.2) is 0 Å². The van der Waals surface area contributed by atoms with Crippen LogP contribution in [0.4, 0.5) is 0 Å². The van der Waals surface area contributed by atoms with Crippen LogP contribution in [0.15, 0.2) is 11.8 Å². The van der Waals surface area contributed by atoms with Gasteiger partial charge in [-0.25, -0.2) is 9.59 Å². The van der Waals surface area contributed by atoms with Gasteiger partial charge in [0.2, 0.25) is 0 Å². The summed E-state index contributed by atoms with van der Waals surface area (Å²) in [6, 6.07) is 0.523. The molecular weight excluding hydrogens is 310 g/mol. The fraction of sp³-hybridized carbons (Fsp3) is 0.692. The minimum absolute atomic E-state index is 0.285. The van der Waals surface area contributed by atoms with E-state index in [0.717, 1.165) is 0 Å². The molecule has 0 saturated carbocycles. The molecule has 0 aliphatic heterocycles. The largest absolute Gasteiger partial charge is 0.500 e. The molecule has 0 amide bonds. The van der Waals surface area contributed by atoms with Crippen molar-refractivity contribution in [3.05, 3.63) is 11.8 Å². The molecule has 3 N–H and O–H groups in total. The highest BCUT2D eigenvalue weighted by atomic mass is 28.4. The van der Waals surface area contributed by atoms with Gasteiger partial charge in [-0.3, -0.25) is 0 Å². The molecule has 0 radical (unpaired) electrons. The Morgan fingerprint density at radius 3 is 1.91 bits per heavy atom. The van der Waals surface area contributed by atoms with Gasteiger partial charge in [0.05, 0.1) is 6.08 Å². The summed E-state index contributed by atoms with van der Waals surface area (Å²) in [4.78, 5) is 21.4. The molecule has 0 aliphatic rings. The Bertz CT molecular complexity index is 370. The lowest BCUT2D eigenvalue weighted by atomic mass is 10.3. The van der Waals surface area contributed by atoms with Crippen LogP contribution in [-0.4, -0.2) is 57.3 Å². The maximum Gasteiger partial charge on any atom is 0.500 e. The number of aliphatic carboxylic acids is 2. The highest BCUT2D eigenvalue weighted by molar-refractivity contribution is 6.60. The fourth-order valence-electron chi connectivity index (χ4n) is 1.84. The molecule has 9 heteroatoms. The lowest BCUT2D eigenvalue weighted by Gasteiger charge is -2.28. The number of nitrogens with one attached hydrogen (secondary N) is 1. The summed E-state index contributed by atoms with van der Waals surface area (Å²) < 4.78 is 17.0. The quantitative estimate of drug-likeness (QED) is 0.260. The van der Waals surface area contributed by atoms with Crippen molar-refractivity contribution >= 4 is 20.7 Å². The average Bonchev–Trinajstić information content (AvgIpc) is 2.42. The van der Waals surface area contributed by atoms with E-state index < -0.39 is 20.7 Å². The van der Waals surface area contributed by atoms with Gasteiger partial charge in [-0.15, -0.1) is 0 Å². The molecule has 8 nitrogen and oxygen atoms in total. The molecule has 0 atom stereocenters. The summed E-state index contributed by atoms with van der Waals surface area (Å²) >= 11 is 0. The van der Waals surface area contributed by atoms with Crippen molar-refractivity contribution in [3.63, 3.8) is 0 Å². The predicted octanol–water partition coefficient (Wildman–Crippen LogP) is 1.07. The predicted molar refractivity (Wildman–Crippen MR) is 81.4 cm³/mol. The normalized spacial score (nSPS) is 12.2. The van der Waals surface area contributed by atoms with Crippen LogP contribution in [0.5, 0.6) is 0 Å². The first-order chi connectivity index (χ1) is 10.4. The van der Waals surface area contributed by atoms with Crippen molar-refractivity contribution < 1.29 is 33.1 Å². The van der Waals surface area contributed by atoms with Crippen LogP contribution in [-0.2, 0) is 22.9 Å². The maximum atomic E-state index is 10.9. The Labute approximate surface area is 131 Å². The van der Waals surface area contributed by atoms with E-state index in [2.05, 4.69) is 5.32 Å². The van der Waals surface area contributed by atoms with Crippen LogP contribution in [0.3, 0.4) is 0 Å². The van der Waals surface area contributed by atoms with E-state index in [0.29, 0.717) is 38.4 Å². The molecule has 0 rings (SSSR count). The third-order valence-corrected chi connectivity index (χ3v) is 5.72. The Kier molecular flexibility index (Phi) is 10.5. The monoisotopic (exact) mass is 335 g/mol. The molecule has 0 unspecified atom stereocenters. The van der Waals surface area contributed by atoms with Gasteiger partial charge in [0, 0.05) is 32.4 Å². The molecule has 22 heavy (non-hydrogen) atoms. The average molecular weight is 335 g/mol. The minimum atomic E-state index is -2.75. The van der Waals surface area contributed by atoms with E-state index in [1.165, 1.54) is 0 Å². The molecule has 0 spiro atoms. The molecule has 0 bridgehead atoms. The third kappa shape index (κ3) is 8.13. The van der Waals surface area contributed by atoms with E-state index in [1.54, 1.807) is 0 Å². The van der Waals surface area contributed by atoms with Crippen molar-refractivity contribution in [2.24, 2.45) is 0 Å². The summed E-state index contributed by atoms with van der Waals surface area (Å²) in [6.07, 6.45) is 1.16. The maximum absolute atomic E-state index is 10.9. The van der Waals surface area contributed by atoms with E-state index >= 15 is 0 Å². The van der Waals surface area contributed by atoms with Gasteiger partial charge in [-0.1, -0.05) is 0 Å². The van der Waals surface area contributed by atoms with Crippen LogP contribution in [0.25, 0.3) is 0 Å². The number of hydrogen-bond donors (Lipinski definition) is 3. The molecule has 0 aromatic rings. The van der Waals surface area contributed by atoms with Crippen LogP contribution >= 0.6 is 0 Å². The first kappa shape index (κ1) is 20.6. The van der Waals surface area contributed by atoms with Crippen LogP contribution in [0.2, 0.25) is 6.04 Å².